The summed E-state index contributed by atoms with van der Waals surface area (Å²) in [5, 5.41) is 0. The van der Waals surface area contributed by atoms with Gasteiger partial charge in [0.05, 0.1) is 13.2 Å². The highest BCUT2D eigenvalue weighted by Crippen LogP contribution is 2.33. The molecule has 0 aliphatic carbocycles. The lowest BCUT2D eigenvalue weighted by Crippen LogP contribution is -1.95. The molecule has 0 saturated heterocycles. The first kappa shape index (κ1) is 28.8. The fourth-order valence-electron chi connectivity index (χ4n) is 3.35. The summed E-state index contributed by atoms with van der Waals surface area (Å²) in [5.74, 6) is 0. The third kappa shape index (κ3) is 16.4. The number of hydrogen-bond donors (Lipinski definition) is 1. The van der Waals surface area contributed by atoms with Gasteiger partial charge in [-0.05, 0) is 24.0 Å². The molecule has 4 heteroatoms. The monoisotopic (exact) mass is 460 g/mol. The average Bonchev–Trinajstić information content (AvgIpc) is 2.84. The van der Waals surface area contributed by atoms with Gasteiger partial charge in [-0.25, -0.2) is 0 Å². The van der Waals surface area contributed by atoms with Crippen molar-refractivity contribution in [3.63, 3.8) is 0 Å². The molecule has 0 aliphatic rings. The zero-order valence-corrected chi connectivity index (χ0v) is 21.3. The first-order valence-electron chi connectivity index (χ1n) is 12.6. The largest absolute Gasteiger partial charge is 0.329 e. The fourth-order valence-corrected chi connectivity index (χ4v) is 3.99. The van der Waals surface area contributed by atoms with Crippen LogP contribution in [0.4, 0.5) is 0 Å². The van der Waals surface area contributed by atoms with E-state index in [9.17, 15) is 4.89 Å². The maximum atomic E-state index is 9.55. The molecule has 0 amide bonds. The lowest BCUT2D eigenvalue weighted by molar-refractivity contribution is 0.194. The highest BCUT2D eigenvalue weighted by atomic mass is 31.2. The molecule has 2 aromatic carbocycles. The molecule has 0 saturated carbocycles. The van der Waals surface area contributed by atoms with Gasteiger partial charge in [-0.2, -0.15) is 0 Å². The second-order valence-electron chi connectivity index (χ2n) is 8.17. The predicted octanol–water partition coefficient (Wildman–Crippen LogP) is 9.31. The minimum Gasteiger partial charge on any atom is -0.328 e. The van der Waals surface area contributed by atoms with Crippen molar-refractivity contribution < 1.29 is 13.9 Å². The topological polar surface area (TPSA) is 38.7 Å². The SMILES string of the molecule is CCCCCCCCOP(O)OCCCCCCCC.c1ccc(-c2ccccc2)cc1. The minimum atomic E-state index is -1.64. The van der Waals surface area contributed by atoms with Crippen molar-refractivity contribution in [1.82, 2.24) is 0 Å². The molecule has 0 fully saturated rings. The number of benzene rings is 2. The van der Waals surface area contributed by atoms with Gasteiger partial charge in [0.1, 0.15) is 0 Å². The average molecular weight is 461 g/mol. The highest BCUT2D eigenvalue weighted by molar-refractivity contribution is 7.40. The maximum Gasteiger partial charge on any atom is 0.329 e. The fraction of sp³-hybridized carbons (Fsp3) is 0.571. The first-order chi connectivity index (χ1) is 15.8. The van der Waals surface area contributed by atoms with Crippen LogP contribution >= 0.6 is 8.60 Å². The Morgan fingerprint density at radius 2 is 0.875 bits per heavy atom. The van der Waals surface area contributed by atoms with Gasteiger partial charge in [-0.1, -0.05) is 139 Å². The Morgan fingerprint density at radius 1 is 0.531 bits per heavy atom. The Kier molecular flexibility index (Phi) is 19.4. The van der Waals surface area contributed by atoms with Crippen LogP contribution in [-0.4, -0.2) is 18.1 Å². The van der Waals surface area contributed by atoms with Crippen molar-refractivity contribution in [2.24, 2.45) is 0 Å². The Balaban J connectivity index is 0.000000357. The van der Waals surface area contributed by atoms with Crippen molar-refractivity contribution in [3.05, 3.63) is 60.7 Å². The summed E-state index contributed by atoms with van der Waals surface area (Å²) < 4.78 is 10.6. The van der Waals surface area contributed by atoms with Gasteiger partial charge >= 0.3 is 8.60 Å². The molecule has 0 atom stereocenters. The van der Waals surface area contributed by atoms with Crippen molar-refractivity contribution in [1.29, 1.82) is 0 Å². The Labute approximate surface area is 198 Å². The summed E-state index contributed by atoms with van der Waals surface area (Å²) in [6.45, 7) is 5.71. The standard InChI is InChI=1S/C16H35O3P.C12H10/c1-3-5-7-9-11-13-15-18-20(17)19-16-14-12-10-8-6-4-2;1-3-7-11(8-4-1)12-9-5-2-6-10-12/h17H,3-16H2,1-2H3;1-10H. The van der Waals surface area contributed by atoms with Crippen molar-refractivity contribution in [2.45, 2.75) is 90.9 Å². The van der Waals surface area contributed by atoms with Crippen LogP contribution in [0.1, 0.15) is 90.9 Å². The van der Waals surface area contributed by atoms with E-state index in [-0.39, 0.29) is 0 Å². The van der Waals surface area contributed by atoms with Crippen LogP contribution in [0.25, 0.3) is 11.1 Å². The zero-order valence-electron chi connectivity index (χ0n) is 20.4. The first-order valence-corrected chi connectivity index (χ1v) is 13.8. The highest BCUT2D eigenvalue weighted by Gasteiger charge is 2.05. The summed E-state index contributed by atoms with van der Waals surface area (Å²) >= 11 is 0. The lowest BCUT2D eigenvalue weighted by Gasteiger charge is -2.10. The molecule has 2 rings (SSSR count). The molecule has 0 unspecified atom stereocenters. The van der Waals surface area contributed by atoms with E-state index in [1.807, 2.05) is 12.1 Å². The summed E-state index contributed by atoms with van der Waals surface area (Å²) in [5.41, 5.74) is 2.55. The molecule has 0 heterocycles. The van der Waals surface area contributed by atoms with Gasteiger partial charge < -0.3 is 13.9 Å². The van der Waals surface area contributed by atoms with E-state index in [0.717, 1.165) is 12.8 Å². The van der Waals surface area contributed by atoms with E-state index < -0.39 is 8.60 Å². The summed E-state index contributed by atoms with van der Waals surface area (Å²) in [6, 6.07) is 20.8. The Hall–Kier alpha value is -1.25. The molecular weight excluding hydrogens is 415 g/mol. The second-order valence-corrected chi connectivity index (χ2v) is 9.16. The van der Waals surface area contributed by atoms with E-state index in [0.29, 0.717) is 13.2 Å². The quantitative estimate of drug-likeness (QED) is 0.189. The van der Waals surface area contributed by atoms with Crippen molar-refractivity contribution >= 4 is 8.60 Å². The van der Waals surface area contributed by atoms with Crippen LogP contribution in [0.5, 0.6) is 0 Å². The molecule has 0 aliphatic heterocycles. The number of rotatable bonds is 17. The molecule has 0 spiro atoms. The van der Waals surface area contributed by atoms with Crippen LogP contribution < -0.4 is 0 Å². The third-order valence-electron chi connectivity index (χ3n) is 5.28. The molecule has 0 bridgehead atoms. The normalized spacial score (nSPS) is 10.8. The Morgan fingerprint density at radius 3 is 1.25 bits per heavy atom. The van der Waals surface area contributed by atoms with Crippen molar-refractivity contribution in [3.8, 4) is 11.1 Å². The smallest absolute Gasteiger partial charge is 0.328 e. The molecule has 0 aromatic heterocycles. The molecule has 3 nitrogen and oxygen atoms in total. The van der Waals surface area contributed by atoms with Gasteiger partial charge in [0, 0.05) is 0 Å². The minimum absolute atomic E-state index is 0.630. The van der Waals surface area contributed by atoms with Crippen molar-refractivity contribution in [2.75, 3.05) is 13.2 Å². The van der Waals surface area contributed by atoms with E-state index >= 15 is 0 Å². The Bertz CT molecular complexity index is 566. The van der Waals surface area contributed by atoms with Gasteiger partial charge in [0.2, 0.25) is 0 Å². The van der Waals surface area contributed by atoms with Crippen LogP contribution in [0.2, 0.25) is 0 Å². The summed E-state index contributed by atoms with van der Waals surface area (Å²) in [6.07, 6.45) is 14.9. The maximum absolute atomic E-state index is 9.55. The van der Waals surface area contributed by atoms with Crippen LogP contribution in [0.3, 0.4) is 0 Å². The van der Waals surface area contributed by atoms with Crippen LogP contribution in [0, 0.1) is 0 Å². The van der Waals surface area contributed by atoms with E-state index in [1.54, 1.807) is 0 Å². The van der Waals surface area contributed by atoms with E-state index in [4.69, 9.17) is 9.05 Å². The molecule has 32 heavy (non-hydrogen) atoms. The van der Waals surface area contributed by atoms with Gasteiger partial charge in [-0.15, -0.1) is 0 Å². The number of unbranched alkanes of at least 4 members (excludes halogenated alkanes) is 10. The van der Waals surface area contributed by atoms with Gasteiger partial charge in [0.15, 0.2) is 0 Å². The van der Waals surface area contributed by atoms with Gasteiger partial charge in [-0.3, -0.25) is 0 Å². The van der Waals surface area contributed by atoms with Crippen LogP contribution in [0.15, 0.2) is 60.7 Å². The molecular formula is C28H45O3P. The molecule has 0 radical (unpaired) electrons. The second kappa shape index (κ2) is 21.6. The lowest BCUT2D eigenvalue weighted by atomic mass is 10.1. The molecule has 180 valence electrons. The van der Waals surface area contributed by atoms with E-state index in [1.165, 1.54) is 75.3 Å². The summed E-state index contributed by atoms with van der Waals surface area (Å²) in [4.78, 5) is 9.55. The molecule has 2 aromatic rings. The predicted molar refractivity (Wildman–Crippen MR) is 140 cm³/mol. The van der Waals surface area contributed by atoms with Gasteiger partial charge in [0.25, 0.3) is 0 Å². The number of hydrogen-bond acceptors (Lipinski definition) is 3. The zero-order chi connectivity index (χ0) is 23.1. The van der Waals surface area contributed by atoms with Crippen LogP contribution in [-0.2, 0) is 9.05 Å². The summed E-state index contributed by atoms with van der Waals surface area (Å²) in [7, 11) is -1.64. The van der Waals surface area contributed by atoms with E-state index in [2.05, 4.69) is 62.4 Å². The molecule has 1 N–H and O–H groups in total. The third-order valence-corrected chi connectivity index (χ3v) is 6.09.